The third kappa shape index (κ3) is 5.68. The molecule has 0 saturated carbocycles. The molecule has 1 aliphatic carbocycles. The molecule has 0 saturated heterocycles. The fraction of sp³-hybridized carbons (Fsp3) is 0.440. The zero-order valence-corrected chi connectivity index (χ0v) is 20.1. The van der Waals surface area contributed by atoms with E-state index in [9.17, 15) is 31.1 Å². The Hall–Kier alpha value is -3.28. The first-order valence-electron chi connectivity index (χ1n) is 11.9. The van der Waals surface area contributed by atoms with E-state index in [1.54, 1.807) is 13.1 Å². The Morgan fingerprint density at radius 2 is 2.00 bits per heavy atom. The van der Waals surface area contributed by atoms with Gasteiger partial charge in [0.05, 0.1) is 23.6 Å². The molecule has 6 nitrogen and oxygen atoms in total. The molecule has 1 aliphatic heterocycles. The predicted molar refractivity (Wildman–Crippen MR) is 126 cm³/mol. The lowest BCUT2D eigenvalue weighted by Crippen LogP contribution is -2.41. The minimum absolute atomic E-state index is 0.0234. The van der Waals surface area contributed by atoms with Crippen molar-refractivity contribution >= 4 is 11.6 Å². The van der Waals surface area contributed by atoms with Crippen LogP contribution in [0.2, 0.25) is 0 Å². The summed E-state index contributed by atoms with van der Waals surface area (Å²) in [5, 5.41) is 2.69. The van der Waals surface area contributed by atoms with Gasteiger partial charge < -0.3 is 20.5 Å². The number of allylic oxidation sites excluding steroid dienone is 3. The second-order valence-corrected chi connectivity index (χ2v) is 9.13. The molecule has 2 atom stereocenters. The predicted octanol–water partition coefficient (Wildman–Crippen LogP) is 5.33. The van der Waals surface area contributed by atoms with Crippen molar-refractivity contribution in [3.8, 4) is 11.3 Å². The average Bonchev–Trinajstić information content (AvgIpc) is 3.20. The lowest BCUT2D eigenvalue weighted by Gasteiger charge is -2.30. The Morgan fingerprint density at radius 3 is 2.68 bits per heavy atom. The van der Waals surface area contributed by atoms with E-state index >= 15 is 0 Å². The molecule has 37 heavy (non-hydrogen) atoms. The van der Waals surface area contributed by atoms with E-state index in [1.807, 2.05) is 0 Å². The van der Waals surface area contributed by atoms with E-state index < -0.39 is 41.9 Å². The number of anilines is 1. The SMILES string of the molecule is CNc1ccc(-c2nc(C(F)F)n3c2CN(C(=O)CC(N)CC2=C(F)C=C(F)C(F)CC2)CC3)cc1F. The number of carbonyl (C=O) groups excluding carboxylic acids is 1. The minimum atomic E-state index is -2.87. The molecular weight excluding hydrogens is 500 g/mol. The summed E-state index contributed by atoms with van der Waals surface area (Å²) in [6, 6.07) is 3.40. The lowest BCUT2D eigenvalue weighted by molar-refractivity contribution is -0.133. The van der Waals surface area contributed by atoms with Gasteiger partial charge in [-0.3, -0.25) is 4.79 Å². The van der Waals surface area contributed by atoms with Crippen LogP contribution in [0.15, 0.2) is 41.5 Å². The Bertz CT molecular complexity index is 1240. The van der Waals surface area contributed by atoms with Gasteiger partial charge in [-0.2, -0.15) is 0 Å². The quantitative estimate of drug-likeness (QED) is 0.478. The van der Waals surface area contributed by atoms with Crippen LogP contribution in [0.1, 0.15) is 43.6 Å². The molecule has 4 rings (SSSR count). The van der Waals surface area contributed by atoms with Crippen molar-refractivity contribution < 1.29 is 31.1 Å². The van der Waals surface area contributed by atoms with E-state index in [4.69, 9.17) is 5.73 Å². The van der Waals surface area contributed by atoms with Gasteiger partial charge in [0.25, 0.3) is 6.43 Å². The number of rotatable bonds is 7. The maximum Gasteiger partial charge on any atom is 0.295 e. The highest BCUT2D eigenvalue weighted by Gasteiger charge is 2.31. The van der Waals surface area contributed by atoms with Crippen molar-refractivity contribution in [1.29, 1.82) is 0 Å². The van der Waals surface area contributed by atoms with Gasteiger partial charge in [0, 0.05) is 44.2 Å². The highest BCUT2D eigenvalue weighted by Crippen LogP contribution is 2.34. The van der Waals surface area contributed by atoms with Crippen molar-refractivity contribution in [3.63, 3.8) is 0 Å². The fourth-order valence-corrected chi connectivity index (χ4v) is 4.69. The van der Waals surface area contributed by atoms with Crippen molar-refractivity contribution in [2.45, 2.75) is 57.4 Å². The van der Waals surface area contributed by atoms with Gasteiger partial charge in [-0.25, -0.2) is 31.3 Å². The molecule has 0 radical (unpaired) electrons. The molecule has 1 aromatic carbocycles. The van der Waals surface area contributed by atoms with Gasteiger partial charge in [0.1, 0.15) is 17.5 Å². The van der Waals surface area contributed by atoms with Crippen LogP contribution in [0, 0.1) is 5.82 Å². The maximum absolute atomic E-state index is 14.4. The summed E-state index contributed by atoms with van der Waals surface area (Å²) in [6.07, 6.45) is -4.71. The second-order valence-electron chi connectivity index (χ2n) is 9.13. The highest BCUT2D eigenvalue weighted by atomic mass is 19.3. The van der Waals surface area contributed by atoms with Crippen LogP contribution >= 0.6 is 0 Å². The normalized spacial score (nSPS) is 19.0. The number of amides is 1. The van der Waals surface area contributed by atoms with Gasteiger partial charge in [0.2, 0.25) is 5.91 Å². The third-order valence-electron chi connectivity index (χ3n) is 6.64. The number of carbonyl (C=O) groups is 1. The molecule has 2 heterocycles. The molecule has 1 aromatic heterocycles. The molecule has 200 valence electrons. The molecule has 3 N–H and O–H groups in total. The summed E-state index contributed by atoms with van der Waals surface area (Å²) >= 11 is 0. The number of nitrogens with two attached hydrogens (primary N) is 1. The number of hydrogen-bond acceptors (Lipinski definition) is 4. The van der Waals surface area contributed by atoms with E-state index in [1.165, 1.54) is 21.6 Å². The van der Waals surface area contributed by atoms with Crippen molar-refractivity contribution in [2.24, 2.45) is 5.73 Å². The topological polar surface area (TPSA) is 76.2 Å². The highest BCUT2D eigenvalue weighted by molar-refractivity contribution is 5.77. The number of hydrogen-bond donors (Lipinski definition) is 2. The summed E-state index contributed by atoms with van der Waals surface area (Å²) in [5.41, 5.74) is 7.24. The average molecular weight is 528 g/mol. The number of aromatic nitrogens is 2. The first kappa shape index (κ1) is 26.8. The van der Waals surface area contributed by atoms with Crippen LogP contribution in [0.3, 0.4) is 0 Å². The summed E-state index contributed by atoms with van der Waals surface area (Å²) in [4.78, 5) is 18.5. The number of alkyl halides is 3. The summed E-state index contributed by atoms with van der Waals surface area (Å²) < 4.78 is 84.4. The Kier molecular flexibility index (Phi) is 7.96. The molecule has 2 aliphatic rings. The van der Waals surface area contributed by atoms with Gasteiger partial charge in [0.15, 0.2) is 12.0 Å². The molecular formula is C25H27F6N5O. The maximum atomic E-state index is 14.4. The van der Waals surface area contributed by atoms with E-state index in [2.05, 4.69) is 10.3 Å². The van der Waals surface area contributed by atoms with Crippen LogP contribution in [-0.4, -0.2) is 46.2 Å². The van der Waals surface area contributed by atoms with E-state index in [0.29, 0.717) is 17.3 Å². The first-order valence-corrected chi connectivity index (χ1v) is 11.9. The van der Waals surface area contributed by atoms with Crippen molar-refractivity contribution in [3.05, 3.63) is 58.8 Å². The molecule has 0 bridgehead atoms. The Balaban J connectivity index is 1.51. The molecule has 12 heteroatoms. The third-order valence-corrected chi connectivity index (χ3v) is 6.64. The zero-order valence-electron chi connectivity index (χ0n) is 20.1. The lowest BCUT2D eigenvalue weighted by atomic mass is 9.99. The Labute approximate surface area is 209 Å². The van der Waals surface area contributed by atoms with Crippen LogP contribution in [0.25, 0.3) is 11.3 Å². The monoisotopic (exact) mass is 527 g/mol. The van der Waals surface area contributed by atoms with Crippen LogP contribution in [0.4, 0.5) is 32.0 Å². The second kappa shape index (κ2) is 11.0. The number of imidazole rings is 1. The van der Waals surface area contributed by atoms with Crippen LogP contribution in [0.5, 0.6) is 0 Å². The van der Waals surface area contributed by atoms with Crippen molar-refractivity contribution in [2.75, 3.05) is 18.9 Å². The fourth-order valence-electron chi connectivity index (χ4n) is 4.69. The van der Waals surface area contributed by atoms with Gasteiger partial charge >= 0.3 is 0 Å². The minimum Gasteiger partial charge on any atom is -0.386 e. The summed E-state index contributed by atoms with van der Waals surface area (Å²) in [5.74, 6) is -3.50. The van der Waals surface area contributed by atoms with E-state index in [-0.39, 0.29) is 68.2 Å². The molecule has 2 unspecified atom stereocenters. The molecule has 1 amide bonds. The smallest absolute Gasteiger partial charge is 0.295 e. The summed E-state index contributed by atoms with van der Waals surface area (Å²) in [6.45, 7) is 0.127. The van der Waals surface area contributed by atoms with Crippen molar-refractivity contribution in [1.82, 2.24) is 14.5 Å². The Morgan fingerprint density at radius 1 is 1.24 bits per heavy atom. The number of fused-ring (bicyclic) bond motifs is 1. The largest absolute Gasteiger partial charge is 0.386 e. The van der Waals surface area contributed by atoms with Crippen LogP contribution in [-0.2, 0) is 17.9 Å². The molecule has 0 fully saturated rings. The zero-order chi connectivity index (χ0) is 26.9. The van der Waals surface area contributed by atoms with Gasteiger partial charge in [-0.15, -0.1) is 0 Å². The molecule has 0 spiro atoms. The summed E-state index contributed by atoms with van der Waals surface area (Å²) in [7, 11) is 1.55. The first-order chi connectivity index (χ1) is 17.6. The van der Waals surface area contributed by atoms with Crippen LogP contribution < -0.4 is 11.1 Å². The standard InChI is InChI=1S/C25H27F6N5O/c1-33-20-5-3-14(9-19(20)29)23-21-12-35(6-7-36(21)25(34-23)24(30)31)22(37)10-15(32)8-13-2-4-16(26)18(28)11-17(13)27/h3,5,9,11,15-16,24,33H,2,4,6-8,10,12,32H2,1H3. The number of benzene rings is 1. The number of nitrogens with zero attached hydrogens (tertiary/aromatic N) is 3. The van der Waals surface area contributed by atoms with E-state index in [0.717, 1.165) is 0 Å². The van der Waals surface area contributed by atoms with Gasteiger partial charge in [-0.1, -0.05) is 6.07 Å². The number of halogens is 6. The number of nitrogens with one attached hydrogen (secondary N) is 1. The van der Waals surface area contributed by atoms with Gasteiger partial charge in [-0.05, 0) is 37.0 Å². The molecule has 2 aromatic rings.